The van der Waals surface area contributed by atoms with Crippen molar-refractivity contribution in [3.05, 3.63) is 51.7 Å². The molecule has 4 heteroatoms. The van der Waals surface area contributed by atoms with Crippen LogP contribution >= 0.6 is 11.3 Å². The van der Waals surface area contributed by atoms with E-state index < -0.39 is 0 Å². The topological polar surface area (TPSA) is 24.9 Å². The molecule has 0 saturated carbocycles. The number of benzene rings is 1. The Bertz CT molecular complexity index is 555. The molecule has 0 spiro atoms. The van der Waals surface area contributed by atoms with Crippen molar-refractivity contribution in [2.75, 3.05) is 0 Å². The lowest BCUT2D eigenvalue weighted by atomic mass is 9.93. The summed E-state index contributed by atoms with van der Waals surface area (Å²) in [6, 6.07) is 6.80. The Labute approximate surface area is 124 Å². The SMILES string of the molecule is C[C@H](NCc1nc(C(C)(C)C)cs1)c1ccc(F)cc1. The van der Waals surface area contributed by atoms with Crippen LogP contribution in [0.3, 0.4) is 0 Å². The van der Waals surface area contributed by atoms with Gasteiger partial charge in [0.25, 0.3) is 0 Å². The maximum atomic E-state index is 12.9. The van der Waals surface area contributed by atoms with Crippen molar-refractivity contribution in [3.63, 3.8) is 0 Å². The van der Waals surface area contributed by atoms with E-state index in [-0.39, 0.29) is 17.3 Å². The lowest BCUT2D eigenvalue weighted by Gasteiger charge is -2.15. The summed E-state index contributed by atoms with van der Waals surface area (Å²) in [6.07, 6.45) is 0. The number of hydrogen-bond acceptors (Lipinski definition) is 3. The molecular weight excluding hydrogens is 271 g/mol. The Morgan fingerprint density at radius 3 is 2.45 bits per heavy atom. The second-order valence-corrected chi connectivity index (χ2v) is 6.97. The second-order valence-electron chi connectivity index (χ2n) is 6.03. The van der Waals surface area contributed by atoms with Crippen LogP contribution in [0, 0.1) is 5.82 Å². The number of nitrogens with zero attached hydrogens (tertiary/aromatic N) is 1. The normalized spacial score (nSPS) is 13.4. The highest BCUT2D eigenvalue weighted by molar-refractivity contribution is 7.09. The van der Waals surface area contributed by atoms with Crippen molar-refractivity contribution in [1.82, 2.24) is 10.3 Å². The van der Waals surface area contributed by atoms with Gasteiger partial charge in [-0.3, -0.25) is 0 Å². The number of hydrogen-bond donors (Lipinski definition) is 1. The van der Waals surface area contributed by atoms with Gasteiger partial charge in [-0.15, -0.1) is 11.3 Å². The average Bonchev–Trinajstić information content (AvgIpc) is 2.85. The summed E-state index contributed by atoms with van der Waals surface area (Å²) in [4.78, 5) is 4.66. The van der Waals surface area contributed by atoms with E-state index in [2.05, 4.69) is 43.4 Å². The van der Waals surface area contributed by atoms with E-state index in [9.17, 15) is 4.39 Å². The minimum atomic E-state index is -0.198. The molecule has 0 bridgehead atoms. The lowest BCUT2D eigenvalue weighted by molar-refractivity contribution is 0.553. The van der Waals surface area contributed by atoms with Gasteiger partial charge in [-0.1, -0.05) is 32.9 Å². The van der Waals surface area contributed by atoms with Crippen LogP contribution in [0.5, 0.6) is 0 Å². The molecular formula is C16H21FN2S. The maximum absolute atomic E-state index is 12.9. The van der Waals surface area contributed by atoms with E-state index in [1.54, 1.807) is 11.3 Å². The summed E-state index contributed by atoms with van der Waals surface area (Å²) in [5.74, 6) is -0.198. The van der Waals surface area contributed by atoms with Gasteiger partial charge in [0.1, 0.15) is 10.8 Å². The van der Waals surface area contributed by atoms with E-state index in [4.69, 9.17) is 0 Å². The highest BCUT2D eigenvalue weighted by atomic mass is 32.1. The first kappa shape index (κ1) is 15.1. The average molecular weight is 292 g/mol. The minimum Gasteiger partial charge on any atom is -0.304 e. The van der Waals surface area contributed by atoms with E-state index in [1.807, 2.05) is 12.1 Å². The van der Waals surface area contributed by atoms with Gasteiger partial charge in [0.05, 0.1) is 5.69 Å². The zero-order valence-corrected chi connectivity index (χ0v) is 13.2. The molecule has 2 nitrogen and oxygen atoms in total. The molecule has 1 heterocycles. The first-order chi connectivity index (χ1) is 9.36. The number of aromatic nitrogens is 1. The van der Waals surface area contributed by atoms with Crippen molar-refractivity contribution in [2.24, 2.45) is 0 Å². The van der Waals surface area contributed by atoms with Crippen molar-refractivity contribution in [2.45, 2.75) is 45.7 Å². The van der Waals surface area contributed by atoms with Gasteiger partial charge in [0.15, 0.2) is 0 Å². The molecule has 0 fully saturated rings. The van der Waals surface area contributed by atoms with Crippen LogP contribution in [0.25, 0.3) is 0 Å². The number of nitrogens with one attached hydrogen (secondary N) is 1. The fourth-order valence-electron chi connectivity index (χ4n) is 1.85. The van der Waals surface area contributed by atoms with Crippen molar-refractivity contribution >= 4 is 11.3 Å². The number of rotatable bonds is 4. The third-order valence-electron chi connectivity index (χ3n) is 3.25. The Kier molecular flexibility index (Phi) is 4.55. The minimum absolute atomic E-state index is 0.0946. The summed E-state index contributed by atoms with van der Waals surface area (Å²) in [6.45, 7) is 9.31. The molecule has 0 saturated heterocycles. The Morgan fingerprint density at radius 2 is 1.90 bits per heavy atom. The Morgan fingerprint density at radius 1 is 1.25 bits per heavy atom. The van der Waals surface area contributed by atoms with Crippen molar-refractivity contribution < 1.29 is 4.39 Å². The molecule has 0 aliphatic carbocycles. The largest absolute Gasteiger partial charge is 0.304 e. The van der Waals surface area contributed by atoms with Crippen LogP contribution < -0.4 is 5.32 Å². The summed E-state index contributed by atoms with van der Waals surface area (Å²) < 4.78 is 12.9. The number of thiazole rings is 1. The molecule has 0 unspecified atom stereocenters. The molecule has 20 heavy (non-hydrogen) atoms. The monoisotopic (exact) mass is 292 g/mol. The van der Waals surface area contributed by atoms with E-state index in [1.165, 1.54) is 12.1 Å². The molecule has 1 N–H and O–H groups in total. The van der Waals surface area contributed by atoms with E-state index in [0.717, 1.165) is 22.8 Å². The molecule has 2 rings (SSSR count). The van der Waals surface area contributed by atoms with Gasteiger partial charge in [-0.25, -0.2) is 9.37 Å². The Hall–Kier alpha value is -1.26. The van der Waals surface area contributed by atoms with Gasteiger partial charge in [0, 0.05) is 23.4 Å². The highest BCUT2D eigenvalue weighted by Gasteiger charge is 2.17. The predicted molar refractivity (Wildman–Crippen MR) is 82.5 cm³/mol. The molecule has 1 aromatic heterocycles. The smallest absolute Gasteiger partial charge is 0.123 e. The van der Waals surface area contributed by atoms with Gasteiger partial charge >= 0.3 is 0 Å². The number of halogens is 1. The van der Waals surface area contributed by atoms with E-state index >= 15 is 0 Å². The lowest BCUT2D eigenvalue weighted by Crippen LogP contribution is -2.18. The third kappa shape index (κ3) is 3.87. The fraction of sp³-hybridized carbons (Fsp3) is 0.438. The molecule has 1 atom stereocenters. The quantitative estimate of drug-likeness (QED) is 0.901. The molecule has 0 radical (unpaired) electrons. The van der Waals surface area contributed by atoms with Crippen LogP contribution in [0.15, 0.2) is 29.6 Å². The standard InChI is InChI=1S/C16H21FN2S/c1-11(12-5-7-13(17)8-6-12)18-9-15-19-14(10-20-15)16(2,3)4/h5-8,10-11,18H,9H2,1-4H3/t11-/m0/s1. The van der Waals surface area contributed by atoms with Gasteiger partial charge in [0.2, 0.25) is 0 Å². The fourth-order valence-corrected chi connectivity index (χ4v) is 2.82. The Balaban J connectivity index is 1.95. The molecule has 0 amide bonds. The summed E-state index contributed by atoms with van der Waals surface area (Å²) >= 11 is 1.68. The van der Waals surface area contributed by atoms with Crippen LogP contribution in [0.2, 0.25) is 0 Å². The molecule has 2 aromatic rings. The van der Waals surface area contributed by atoms with Gasteiger partial charge < -0.3 is 5.32 Å². The summed E-state index contributed by atoms with van der Waals surface area (Å²) in [5, 5.41) is 6.64. The van der Waals surface area contributed by atoms with Crippen LogP contribution in [-0.2, 0) is 12.0 Å². The van der Waals surface area contributed by atoms with Crippen molar-refractivity contribution in [3.8, 4) is 0 Å². The van der Waals surface area contributed by atoms with Crippen LogP contribution in [0.4, 0.5) is 4.39 Å². The molecule has 0 aliphatic rings. The van der Waals surface area contributed by atoms with E-state index in [0.29, 0.717) is 0 Å². The first-order valence-corrected chi connectivity index (χ1v) is 7.68. The molecule has 108 valence electrons. The third-order valence-corrected chi connectivity index (χ3v) is 4.10. The first-order valence-electron chi connectivity index (χ1n) is 6.80. The van der Waals surface area contributed by atoms with Crippen LogP contribution in [0.1, 0.15) is 50.0 Å². The summed E-state index contributed by atoms with van der Waals surface area (Å²) in [5.41, 5.74) is 2.31. The van der Waals surface area contributed by atoms with Gasteiger partial charge in [-0.2, -0.15) is 0 Å². The second kappa shape index (κ2) is 6.02. The highest BCUT2D eigenvalue weighted by Crippen LogP contribution is 2.24. The maximum Gasteiger partial charge on any atom is 0.123 e. The van der Waals surface area contributed by atoms with Crippen molar-refractivity contribution in [1.29, 1.82) is 0 Å². The molecule has 1 aromatic carbocycles. The zero-order valence-electron chi connectivity index (χ0n) is 12.4. The summed E-state index contributed by atoms with van der Waals surface area (Å²) in [7, 11) is 0. The predicted octanol–water partition coefficient (Wildman–Crippen LogP) is 4.43. The van der Waals surface area contributed by atoms with Gasteiger partial charge in [-0.05, 0) is 24.6 Å². The van der Waals surface area contributed by atoms with Crippen LogP contribution in [-0.4, -0.2) is 4.98 Å². The molecule has 0 aliphatic heterocycles. The zero-order chi connectivity index (χ0) is 14.8.